The van der Waals surface area contributed by atoms with Gasteiger partial charge in [0, 0.05) is 0 Å². The largest absolute Gasteiger partial charge is 0.370 e. The quantitative estimate of drug-likeness (QED) is 0.0303. The van der Waals surface area contributed by atoms with Crippen molar-refractivity contribution in [1.29, 1.82) is 0 Å². The van der Waals surface area contributed by atoms with Gasteiger partial charge in [-0.3, -0.25) is 71.9 Å². The molecule has 0 heterocycles. The Labute approximate surface area is 590 Å². The Kier molecular flexibility index (Phi) is 47.0. The van der Waals surface area contributed by atoms with Crippen molar-refractivity contribution in [3.05, 3.63) is 0 Å². The molecule has 0 aromatic carbocycles. The van der Waals surface area contributed by atoms with Crippen LogP contribution in [-0.2, 0) is 71.9 Å². The smallest absolute Gasteiger partial charge is 0.243 e. The lowest BCUT2D eigenvalue weighted by Gasteiger charge is -2.27. The zero-order valence-electron chi connectivity index (χ0n) is 61.3. The molecule has 100 heavy (non-hydrogen) atoms. The molecule has 0 bridgehead atoms. The molecule has 0 unspecified atom stereocenters. The second-order valence-electron chi connectivity index (χ2n) is 25.9. The first kappa shape index (κ1) is 91.9. The second kappa shape index (κ2) is 51.1. The fourth-order valence-electron chi connectivity index (χ4n) is 10.0. The highest BCUT2D eigenvalue weighted by atomic mass is 16.2. The van der Waals surface area contributed by atoms with Crippen LogP contribution in [0.25, 0.3) is 0 Å². The van der Waals surface area contributed by atoms with Gasteiger partial charge in [-0.2, -0.15) is 0 Å². The Morgan fingerprint density at radius 3 is 0.730 bits per heavy atom. The summed E-state index contributed by atoms with van der Waals surface area (Å²) in [4.78, 5) is 202. The number of primary amides is 2. The first-order valence-electron chi connectivity index (χ1n) is 35.9. The van der Waals surface area contributed by atoms with E-state index in [1.165, 1.54) is 34.6 Å². The molecule has 0 radical (unpaired) electrons. The summed E-state index contributed by atoms with van der Waals surface area (Å²) in [7, 11) is 0. The first-order chi connectivity index (χ1) is 47.2. The van der Waals surface area contributed by atoms with E-state index >= 15 is 0 Å². The molecule has 0 spiro atoms. The number of rotatable bonds is 54. The number of amides is 15. The third-order valence-electron chi connectivity index (χ3n) is 16.9. The molecule has 0 aliphatic carbocycles. The number of nitrogens with two attached hydrogens (primary N) is 5. The second-order valence-corrected chi connectivity index (χ2v) is 25.9. The maximum Gasteiger partial charge on any atom is 0.243 e. The average molecular weight is 1420 g/mol. The van der Waals surface area contributed by atoms with Gasteiger partial charge < -0.3 is 97.8 Å². The zero-order valence-corrected chi connectivity index (χ0v) is 61.3. The van der Waals surface area contributed by atoms with Gasteiger partial charge in [0.1, 0.15) is 78.5 Å². The van der Waals surface area contributed by atoms with E-state index in [1.807, 2.05) is 41.5 Å². The average Bonchev–Trinajstić information content (AvgIpc) is 0.965. The Morgan fingerprint density at radius 1 is 0.270 bits per heavy atom. The van der Waals surface area contributed by atoms with Gasteiger partial charge in [-0.05, 0) is 124 Å². The van der Waals surface area contributed by atoms with Crippen LogP contribution in [0.3, 0.4) is 0 Å². The van der Waals surface area contributed by atoms with Crippen LogP contribution in [0, 0.1) is 5.92 Å². The molecule has 0 rings (SSSR count). The summed E-state index contributed by atoms with van der Waals surface area (Å²) in [6, 6.07) is -16.9. The van der Waals surface area contributed by atoms with Gasteiger partial charge in [-0.15, -0.1) is 0 Å². The molecule has 572 valence electrons. The van der Waals surface area contributed by atoms with Crippen LogP contribution < -0.4 is 97.8 Å². The summed E-state index contributed by atoms with van der Waals surface area (Å²) in [5.74, 6) is -11.8. The summed E-state index contributed by atoms with van der Waals surface area (Å²) >= 11 is 0. The lowest BCUT2D eigenvalue weighted by Crippen LogP contribution is -2.60. The minimum absolute atomic E-state index is 0.0615. The van der Waals surface area contributed by atoms with Gasteiger partial charge in [0.25, 0.3) is 0 Å². The topological polar surface area (TPSA) is 543 Å². The third-order valence-corrected chi connectivity index (χ3v) is 16.9. The molecule has 23 N–H and O–H groups in total. The summed E-state index contributed by atoms with van der Waals surface area (Å²) in [5.41, 5.74) is 28.5. The van der Waals surface area contributed by atoms with E-state index in [0.29, 0.717) is 96.3 Å². The highest BCUT2D eigenvalue weighted by Gasteiger charge is 2.36. The van der Waals surface area contributed by atoms with Crippen LogP contribution in [0.5, 0.6) is 0 Å². The Morgan fingerprint density at radius 2 is 0.480 bits per heavy atom. The minimum atomic E-state index is -1.47. The van der Waals surface area contributed by atoms with E-state index in [2.05, 4.69) is 69.1 Å². The lowest BCUT2D eigenvalue weighted by atomic mass is 9.98. The zero-order chi connectivity index (χ0) is 76.2. The molecular weight excluding hydrogens is 1300 g/mol. The molecule has 0 aliphatic heterocycles. The van der Waals surface area contributed by atoms with Crippen LogP contribution >= 0.6 is 0 Å². The number of hydrogen-bond acceptors (Lipinski definition) is 18. The third kappa shape index (κ3) is 36.3. The van der Waals surface area contributed by atoms with Crippen LogP contribution in [0.2, 0.25) is 0 Å². The molecule has 15 atom stereocenters. The van der Waals surface area contributed by atoms with Crippen molar-refractivity contribution < 1.29 is 71.9 Å². The fourth-order valence-corrected chi connectivity index (χ4v) is 10.0. The Balaban J connectivity index is 6.17. The maximum absolute atomic E-state index is 14.0. The Hall–Kier alpha value is -8.07. The first-order valence-corrected chi connectivity index (χ1v) is 35.9. The number of carbonyl (C=O) groups excluding carboxylic acids is 15. The summed E-state index contributed by atoms with van der Waals surface area (Å²) in [5, 5.41) is 33.8. The predicted octanol–water partition coefficient (Wildman–Crippen LogP) is -1.67. The van der Waals surface area contributed by atoms with Crippen molar-refractivity contribution >= 4 is 88.6 Å². The molecule has 0 aromatic rings. The molecule has 0 aromatic heterocycles. The molecule has 0 saturated heterocycles. The van der Waals surface area contributed by atoms with E-state index in [1.54, 1.807) is 6.92 Å². The summed E-state index contributed by atoms with van der Waals surface area (Å²) in [6.07, 6.45) is 8.50. The lowest BCUT2D eigenvalue weighted by molar-refractivity contribution is -0.136. The van der Waals surface area contributed by atoms with Gasteiger partial charge in [0.2, 0.25) is 88.6 Å². The SMILES string of the molecule is CCCC[C@H](NC(=O)[C@H](CCCC)NC(=O)[C@H](C)NC(=O)[C@H](CCCCN)NC(=O)[C@H](C)NC(=O)[C@H](CCCC)NC(=O)[C@H](C)NC(=O)[C@H](C)NC(=O)[C@H](CCCC)NC(=O)[C@H](C)NC(=O)[C@H](CCCCN)NC(=O)[C@H](CCCC)NC(=O)[C@H](CC(N)=O)NC(=O)[C@@H](N)[C@@H](C)CC)C(N)=O. The number of nitrogens with one attached hydrogen (secondary N) is 13. The standard InChI is InChI=1S/C67H124N18O15/c1-13-19-28-44(54(72)87)78-64(97)47(31-22-16-4)81-58(91)42(11)76-62(95)49(33-24-26-35-68)82-59(92)43(12)75-61(94)46(30-21-15-3)79-56(89)40(9)73-55(88)39(8)74-60(93)45(29-20-14-2)80-57(90)41(10)77-63(96)50(34-25-27-36-69)83-65(98)48(32-23-17-5)84-66(99)51(37-52(70)86)85-67(100)53(71)38(7)18-6/h38-51,53H,13-37,68-69,71H2,1-12H3,(H2,70,86)(H2,72,87)(H,73,88)(H,74,93)(H,75,94)(H,76,95)(H,77,96)(H,78,97)(H,79,89)(H,80,90)(H,81,91)(H,82,92)(H,83,98)(H,84,99)(H,85,100)/t38-,39-,40-,41-,42-,43-,44-,45-,46-,47-,48-,49-,50-,51-,53-/m0/s1. The van der Waals surface area contributed by atoms with Crippen LogP contribution in [-0.4, -0.2) is 186 Å². The maximum atomic E-state index is 14.0. The van der Waals surface area contributed by atoms with E-state index in [9.17, 15) is 71.9 Å². The van der Waals surface area contributed by atoms with Crippen LogP contribution in [0.1, 0.15) is 231 Å². The fraction of sp³-hybridized carbons (Fsp3) is 0.776. The van der Waals surface area contributed by atoms with E-state index < -0.39 is 180 Å². The number of unbranched alkanes of at least 4 members (excludes halogenated alkanes) is 7. The number of carbonyl (C=O) groups is 15. The van der Waals surface area contributed by atoms with Crippen molar-refractivity contribution in [3.63, 3.8) is 0 Å². The van der Waals surface area contributed by atoms with Gasteiger partial charge in [-0.25, -0.2) is 0 Å². The Bertz CT molecular complexity index is 2640. The van der Waals surface area contributed by atoms with Gasteiger partial charge in [-0.1, -0.05) is 119 Å². The normalized spacial score (nSPS) is 15.6. The monoisotopic (exact) mass is 1420 g/mol. The molecule has 0 saturated carbocycles. The molecular formula is C67H124N18O15. The molecule has 0 aliphatic rings. The molecule has 33 heteroatoms. The van der Waals surface area contributed by atoms with E-state index in [0.717, 1.165) is 6.42 Å². The van der Waals surface area contributed by atoms with Crippen molar-refractivity contribution in [1.82, 2.24) is 69.1 Å². The van der Waals surface area contributed by atoms with Crippen molar-refractivity contribution in [2.45, 2.75) is 315 Å². The van der Waals surface area contributed by atoms with Crippen molar-refractivity contribution in [2.75, 3.05) is 13.1 Å². The molecule has 0 fully saturated rings. The van der Waals surface area contributed by atoms with Crippen molar-refractivity contribution in [2.24, 2.45) is 34.6 Å². The van der Waals surface area contributed by atoms with Crippen LogP contribution in [0.15, 0.2) is 0 Å². The highest BCUT2D eigenvalue weighted by molar-refractivity contribution is 6.00. The summed E-state index contributed by atoms with van der Waals surface area (Å²) in [6.45, 7) is 20.3. The minimum Gasteiger partial charge on any atom is -0.370 e. The summed E-state index contributed by atoms with van der Waals surface area (Å²) < 4.78 is 0. The predicted molar refractivity (Wildman–Crippen MR) is 377 cm³/mol. The molecule has 33 nitrogen and oxygen atoms in total. The molecule has 15 amide bonds. The van der Waals surface area contributed by atoms with Gasteiger partial charge in [0.15, 0.2) is 0 Å². The van der Waals surface area contributed by atoms with Gasteiger partial charge >= 0.3 is 0 Å². The highest BCUT2D eigenvalue weighted by Crippen LogP contribution is 2.13. The van der Waals surface area contributed by atoms with E-state index in [4.69, 9.17) is 28.7 Å². The number of hydrogen-bond donors (Lipinski definition) is 18. The van der Waals surface area contributed by atoms with Crippen LogP contribution in [0.4, 0.5) is 0 Å². The van der Waals surface area contributed by atoms with E-state index in [-0.39, 0.29) is 57.5 Å². The van der Waals surface area contributed by atoms with Gasteiger partial charge in [0.05, 0.1) is 12.5 Å². The van der Waals surface area contributed by atoms with Crippen molar-refractivity contribution in [3.8, 4) is 0 Å².